The summed E-state index contributed by atoms with van der Waals surface area (Å²) in [6, 6.07) is 16.9. The Balaban J connectivity index is 1.95. The van der Waals surface area contributed by atoms with E-state index < -0.39 is 5.91 Å². The van der Waals surface area contributed by atoms with E-state index in [9.17, 15) is 10.1 Å². The highest BCUT2D eigenvalue weighted by Gasteiger charge is 2.13. The molecule has 0 heterocycles. The van der Waals surface area contributed by atoms with Crippen molar-refractivity contribution in [1.29, 1.82) is 5.26 Å². The number of nitriles is 1. The van der Waals surface area contributed by atoms with Crippen LogP contribution in [0, 0.1) is 11.3 Å². The average Bonchev–Trinajstić information content (AvgIpc) is 2.71. The third-order valence-electron chi connectivity index (χ3n) is 4.11. The molecule has 2 aromatic rings. The molecule has 2 aromatic carbocycles. The molecule has 27 heavy (non-hydrogen) atoms. The Kier molecular flexibility index (Phi) is 7.41. The molecule has 0 saturated heterocycles. The predicted octanol–water partition coefficient (Wildman–Crippen LogP) is 2.53. The van der Waals surface area contributed by atoms with Gasteiger partial charge in [-0.15, -0.1) is 0 Å². The Morgan fingerprint density at radius 2 is 1.96 bits per heavy atom. The third kappa shape index (κ3) is 5.87. The normalized spacial score (nSPS) is 12.0. The number of carbonyl (C=O) groups is 1. The van der Waals surface area contributed by atoms with Gasteiger partial charge in [-0.25, -0.2) is 0 Å². The summed E-state index contributed by atoms with van der Waals surface area (Å²) in [6.07, 6.45) is 1.44. The largest absolute Gasteiger partial charge is 0.497 e. The van der Waals surface area contributed by atoms with Crippen LogP contribution in [0.15, 0.2) is 60.3 Å². The van der Waals surface area contributed by atoms with Crippen LogP contribution < -0.4 is 21.1 Å². The van der Waals surface area contributed by atoms with E-state index in [0.29, 0.717) is 13.1 Å². The minimum Gasteiger partial charge on any atom is -0.497 e. The zero-order valence-corrected chi connectivity index (χ0v) is 15.5. The van der Waals surface area contributed by atoms with Crippen LogP contribution in [0.2, 0.25) is 0 Å². The number of rotatable bonds is 8. The highest BCUT2D eigenvalue weighted by Crippen LogP contribution is 2.17. The summed E-state index contributed by atoms with van der Waals surface area (Å²) in [6.45, 7) is 2.83. The Bertz CT molecular complexity index is 838. The number of methoxy groups -OCH3 is 1. The molecular formula is C21H24N4O2. The Morgan fingerprint density at radius 1 is 1.26 bits per heavy atom. The molecule has 4 N–H and O–H groups in total. The van der Waals surface area contributed by atoms with Gasteiger partial charge in [-0.1, -0.05) is 36.4 Å². The fourth-order valence-corrected chi connectivity index (χ4v) is 2.54. The maximum absolute atomic E-state index is 12.3. The van der Waals surface area contributed by atoms with Crippen molar-refractivity contribution in [2.75, 3.05) is 7.11 Å². The Morgan fingerprint density at radius 3 is 2.59 bits per heavy atom. The van der Waals surface area contributed by atoms with Gasteiger partial charge in [-0.05, 0) is 35.7 Å². The molecule has 0 fully saturated rings. The van der Waals surface area contributed by atoms with Crippen molar-refractivity contribution in [3.8, 4) is 11.8 Å². The summed E-state index contributed by atoms with van der Waals surface area (Å²) in [5.74, 6) is 0.321. The molecule has 0 spiro atoms. The van der Waals surface area contributed by atoms with E-state index in [4.69, 9.17) is 10.5 Å². The number of benzene rings is 2. The standard InChI is InChI=1S/C21H24N4O2/c1-15(18-6-8-20(27-2)9-7-18)25-21(26)19(12-23)14-24-13-17-5-3-4-16(10-17)11-22/h3-10,14-15,24H,11,13,22H2,1-2H3,(H,25,26)/b19-14-. The number of ether oxygens (including phenoxy) is 1. The first kappa shape index (κ1) is 20.0. The van der Waals surface area contributed by atoms with Crippen LogP contribution >= 0.6 is 0 Å². The lowest BCUT2D eigenvalue weighted by Crippen LogP contribution is -2.28. The number of nitrogens with two attached hydrogens (primary N) is 1. The molecule has 0 radical (unpaired) electrons. The van der Waals surface area contributed by atoms with Crippen LogP contribution in [0.4, 0.5) is 0 Å². The van der Waals surface area contributed by atoms with Crippen LogP contribution in [0.25, 0.3) is 0 Å². The summed E-state index contributed by atoms with van der Waals surface area (Å²) in [5, 5.41) is 15.1. The van der Waals surface area contributed by atoms with Gasteiger partial charge in [0.25, 0.3) is 5.91 Å². The van der Waals surface area contributed by atoms with Gasteiger partial charge in [0.2, 0.25) is 0 Å². The number of nitrogens with one attached hydrogen (secondary N) is 2. The lowest BCUT2D eigenvalue weighted by molar-refractivity contribution is -0.117. The number of hydrogen-bond acceptors (Lipinski definition) is 5. The van der Waals surface area contributed by atoms with Gasteiger partial charge in [0.05, 0.1) is 13.2 Å². The molecule has 6 nitrogen and oxygen atoms in total. The zero-order chi connectivity index (χ0) is 19.6. The number of amides is 1. The fourth-order valence-electron chi connectivity index (χ4n) is 2.54. The van der Waals surface area contributed by atoms with Crippen LogP contribution in [0.3, 0.4) is 0 Å². The van der Waals surface area contributed by atoms with Gasteiger partial charge >= 0.3 is 0 Å². The van der Waals surface area contributed by atoms with Crippen molar-refractivity contribution < 1.29 is 9.53 Å². The van der Waals surface area contributed by atoms with Gasteiger partial charge in [0, 0.05) is 19.3 Å². The lowest BCUT2D eigenvalue weighted by Gasteiger charge is -2.14. The van der Waals surface area contributed by atoms with Crippen molar-refractivity contribution in [3.63, 3.8) is 0 Å². The van der Waals surface area contributed by atoms with Crippen LogP contribution in [-0.2, 0) is 17.9 Å². The van der Waals surface area contributed by atoms with Crippen LogP contribution in [0.5, 0.6) is 5.75 Å². The molecule has 1 atom stereocenters. The minimum absolute atomic E-state index is 0.0188. The predicted molar refractivity (Wildman–Crippen MR) is 104 cm³/mol. The lowest BCUT2D eigenvalue weighted by atomic mass is 10.1. The molecule has 140 valence electrons. The fraction of sp³-hybridized carbons (Fsp3) is 0.238. The maximum atomic E-state index is 12.3. The first-order valence-corrected chi connectivity index (χ1v) is 8.63. The highest BCUT2D eigenvalue weighted by atomic mass is 16.5. The molecule has 2 rings (SSSR count). The molecule has 0 aliphatic carbocycles. The monoisotopic (exact) mass is 364 g/mol. The van der Waals surface area contributed by atoms with E-state index >= 15 is 0 Å². The van der Waals surface area contributed by atoms with Crippen molar-refractivity contribution in [3.05, 3.63) is 77.0 Å². The van der Waals surface area contributed by atoms with Crippen LogP contribution in [-0.4, -0.2) is 13.0 Å². The number of carbonyl (C=O) groups excluding carboxylic acids is 1. The Labute approximate surface area is 159 Å². The second kappa shape index (κ2) is 10.00. The zero-order valence-electron chi connectivity index (χ0n) is 15.5. The topological polar surface area (TPSA) is 100 Å². The van der Waals surface area contributed by atoms with Crippen LogP contribution in [0.1, 0.15) is 29.7 Å². The smallest absolute Gasteiger partial charge is 0.263 e. The van der Waals surface area contributed by atoms with E-state index in [0.717, 1.165) is 22.4 Å². The van der Waals surface area contributed by atoms with Crippen molar-refractivity contribution in [2.45, 2.75) is 26.1 Å². The van der Waals surface area contributed by atoms with Gasteiger partial charge in [-0.2, -0.15) is 5.26 Å². The molecule has 1 amide bonds. The SMILES string of the molecule is COc1ccc(C(C)NC(=O)/C(C#N)=C\NCc2cccc(CN)c2)cc1. The summed E-state index contributed by atoms with van der Waals surface area (Å²) in [7, 11) is 1.60. The molecule has 0 aliphatic heterocycles. The van der Waals surface area contributed by atoms with Gasteiger partial charge in [0.15, 0.2) is 0 Å². The molecule has 0 aliphatic rings. The van der Waals surface area contributed by atoms with E-state index in [1.165, 1.54) is 6.20 Å². The molecule has 0 bridgehead atoms. The van der Waals surface area contributed by atoms with E-state index in [1.54, 1.807) is 7.11 Å². The summed E-state index contributed by atoms with van der Waals surface area (Å²) < 4.78 is 5.13. The van der Waals surface area contributed by atoms with Gasteiger partial charge in [0.1, 0.15) is 17.4 Å². The molecular weight excluding hydrogens is 340 g/mol. The quantitative estimate of drug-likeness (QED) is 0.494. The van der Waals surface area contributed by atoms with Crippen molar-refractivity contribution in [1.82, 2.24) is 10.6 Å². The Hall–Kier alpha value is -3.30. The van der Waals surface area contributed by atoms with Gasteiger partial charge in [-0.3, -0.25) is 4.79 Å². The molecule has 0 saturated carbocycles. The highest BCUT2D eigenvalue weighted by molar-refractivity contribution is 5.97. The minimum atomic E-state index is -0.427. The average molecular weight is 364 g/mol. The summed E-state index contributed by atoms with van der Waals surface area (Å²) in [4.78, 5) is 12.3. The number of hydrogen-bond donors (Lipinski definition) is 3. The molecule has 1 unspecified atom stereocenters. The maximum Gasteiger partial charge on any atom is 0.263 e. The van der Waals surface area contributed by atoms with Gasteiger partial charge < -0.3 is 21.1 Å². The first-order chi connectivity index (χ1) is 13.1. The second-order valence-electron chi connectivity index (χ2n) is 6.04. The van der Waals surface area contributed by atoms with Crippen molar-refractivity contribution in [2.24, 2.45) is 5.73 Å². The molecule has 6 heteroatoms. The van der Waals surface area contributed by atoms with E-state index in [2.05, 4.69) is 10.6 Å². The number of nitrogens with zero attached hydrogens (tertiary/aromatic N) is 1. The van der Waals surface area contributed by atoms with Crippen molar-refractivity contribution >= 4 is 5.91 Å². The van der Waals surface area contributed by atoms with E-state index in [-0.39, 0.29) is 11.6 Å². The molecule has 0 aromatic heterocycles. The third-order valence-corrected chi connectivity index (χ3v) is 4.11. The second-order valence-corrected chi connectivity index (χ2v) is 6.04. The first-order valence-electron chi connectivity index (χ1n) is 8.63. The summed E-state index contributed by atoms with van der Waals surface area (Å²) >= 11 is 0. The van der Waals surface area contributed by atoms with E-state index in [1.807, 2.05) is 61.5 Å². The summed E-state index contributed by atoms with van der Waals surface area (Å²) in [5.41, 5.74) is 8.63.